The standard InChI is InChI=1S/C12H16ClNO5S/c1-8-6-10(19-2)9(13)7-11(8)20(17,18)14-5-3-4-12(15)16/h6-7,14H,3-5H2,1-2H3,(H,15,16). The molecule has 0 unspecified atom stereocenters. The summed E-state index contributed by atoms with van der Waals surface area (Å²) in [5.41, 5.74) is 0.497. The first-order chi connectivity index (χ1) is 9.27. The van der Waals surface area contributed by atoms with E-state index in [9.17, 15) is 13.2 Å². The summed E-state index contributed by atoms with van der Waals surface area (Å²) < 4.78 is 31.5. The van der Waals surface area contributed by atoms with Gasteiger partial charge in [-0.2, -0.15) is 0 Å². The van der Waals surface area contributed by atoms with Gasteiger partial charge < -0.3 is 9.84 Å². The van der Waals surface area contributed by atoms with Crippen LogP contribution >= 0.6 is 11.6 Å². The summed E-state index contributed by atoms with van der Waals surface area (Å²) in [4.78, 5) is 10.4. The number of carboxylic acid groups (broad SMARTS) is 1. The largest absolute Gasteiger partial charge is 0.495 e. The van der Waals surface area contributed by atoms with Crippen LogP contribution in [0, 0.1) is 6.92 Å². The van der Waals surface area contributed by atoms with E-state index in [1.807, 2.05) is 0 Å². The molecule has 112 valence electrons. The maximum absolute atomic E-state index is 12.1. The molecule has 0 aromatic heterocycles. The van der Waals surface area contributed by atoms with Crippen molar-refractivity contribution in [1.29, 1.82) is 0 Å². The Labute approximate surface area is 122 Å². The van der Waals surface area contributed by atoms with Crippen molar-refractivity contribution in [3.63, 3.8) is 0 Å². The summed E-state index contributed by atoms with van der Waals surface area (Å²) in [7, 11) is -2.28. The maximum atomic E-state index is 12.1. The Balaban J connectivity index is 2.87. The second-order valence-corrected chi connectivity index (χ2v) is 6.29. The third kappa shape index (κ3) is 4.36. The average Bonchev–Trinajstić information content (AvgIpc) is 2.36. The van der Waals surface area contributed by atoms with Gasteiger partial charge in [-0.05, 0) is 31.0 Å². The number of aliphatic carboxylic acids is 1. The molecule has 0 aliphatic carbocycles. The number of nitrogens with one attached hydrogen (secondary N) is 1. The molecule has 0 atom stereocenters. The first kappa shape index (κ1) is 16.7. The molecular weight excluding hydrogens is 306 g/mol. The van der Waals surface area contributed by atoms with Gasteiger partial charge in [0.25, 0.3) is 0 Å². The Morgan fingerprint density at radius 1 is 1.45 bits per heavy atom. The van der Waals surface area contributed by atoms with Crippen molar-refractivity contribution in [1.82, 2.24) is 4.72 Å². The van der Waals surface area contributed by atoms with Gasteiger partial charge in [0.05, 0.1) is 17.0 Å². The number of methoxy groups -OCH3 is 1. The molecule has 0 saturated heterocycles. The van der Waals surface area contributed by atoms with E-state index in [1.165, 1.54) is 19.2 Å². The van der Waals surface area contributed by atoms with Crippen molar-refractivity contribution >= 4 is 27.6 Å². The molecule has 0 heterocycles. The fraction of sp³-hybridized carbons (Fsp3) is 0.417. The Bertz CT molecular complexity index is 600. The number of ether oxygens (including phenoxy) is 1. The molecule has 1 aromatic rings. The van der Waals surface area contributed by atoms with Crippen molar-refractivity contribution in [3.8, 4) is 5.75 Å². The third-order valence-corrected chi connectivity index (χ3v) is 4.50. The topological polar surface area (TPSA) is 92.7 Å². The Morgan fingerprint density at radius 2 is 2.10 bits per heavy atom. The van der Waals surface area contributed by atoms with Gasteiger partial charge in [-0.25, -0.2) is 13.1 Å². The highest BCUT2D eigenvalue weighted by Gasteiger charge is 2.18. The SMILES string of the molecule is COc1cc(C)c(S(=O)(=O)NCCCC(=O)O)cc1Cl. The van der Waals surface area contributed by atoms with Crippen LogP contribution in [0.25, 0.3) is 0 Å². The number of rotatable bonds is 7. The number of carboxylic acids is 1. The van der Waals surface area contributed by atoms with Gasteiger partial charge in [0.1, 0.15) is 5.75 Å². The van der Waals surface area contributed by atoms with Crippen LogP contribution in [0.5, 0.6) is 5.75 Å². The van der Waals surface area contributed by atoms with Gasteiger partial charge >= 0.3 is 5.97 Å². The molecule has 0 radical (unpaired) electrons. The van der Waals surface area contributed by atoms with Crippen molar-refractivity contribution in [2.24, 2.45) is 0 Å². The third-order valence-electron chi connectivity index (χ3n) is 2.60. The van der Waals surface area contributed by atoms with E-state index in [1.54, 1.807) is 6.92 Å². The molecular formula is C12H16ClNO5S. The zero-order valence-electron chi connectivity index (χ0n) is 11.1. The number of hydrogen-bond acceptors (Lipinski definition) is 4. The fourth-order valence-electron chi connectivity index (χ4n) is 1.61. The van der Waals surface area contributed by atoms with Crippen molar-refractivity contribution in [2.75, 3.05) is 13.7 Å². The minimum atomic E-state index is -3.72. The van der Waals surface area contributed by atoms with E-state index in [0.29, 0.717) is 11.3 Å². The first-order valence-electron chi connectivity index (χ1n) is 5.83. The summed E-state index contributed by atoms with van der Waals surface area (Å²) in [6, 6.07) is 2.85. The highest BCUT2D eigenvalue weighted by molar-refractivity contribution is 7.89. The molecule has 8 heteroatoms. The van der Waals surface area contributed by atoms with Gasteiger partial charge in [0.2, 0.25) is 10.0 Å². The first-order valence-corrected chi connectivity index (χ1v) is 7.69. The Kier molecular flexibility index (Phi) is 5.79. The highest BCUT2D eigenvalue weighted by atomic mass is 35.5. The van der Waals surface area contributed by atoms with Crippen LogP contribution in [0.2, 0.25) is 5.02 Å². The van der Waals surface area contributed by atoms with E-state index in [2.05, 4.69) is 4.72 Å². The molecule has 1 rings (SSSR count). The molecule has 0 aliphatic rings. The molecule has 0 aliphatic heterocycles. The molecule has 0 bridgehead atoms. The van der Waals surface area contributed by atoms with Crippen LogP contribution in [0.3, 0.4) is 0 Å². The summed E-state index contributed by atoms with van der Waals surface area (Å²) in [6.07, 6.45) is 0.127. The summed E-state index contributed by atoms with van der Waals surface area (Å²) in [5, 5.41) is 8.69. The minimum Gasteiger partial charge on any atom is -0.495 e. The molecule has 0 saturated carbocycles. The van der Waals surface area contributed by atoms with Gasteiger partial charge in [-0.3, -0.25) is 4.79 Å². The van der Waals surface area contributed by atoms with Gasteiger partial charge in [-0.1, -0.05) is 11.6 Å². The monoisotopic (exact) mass is 321 g/mol. The maximum Gasteiger partial charge on any atom is 0.303 e. The lowest BCUT2D eigenvalue weighted by atomic mass is 10.2. The zero-order chi connectivity index (χ0) is 15.3. The van der Waals surface area contributed by atoms with E-state index in [4.69, 9.17) is 21.4 Å². The lowest BCUT2D eigenvalue weighted by Gasteiger charge is -2.11. The average molecular weight is 322 g/mol. The number of sulfonamides is 1. The van der Waals surface area contributed by atoms with Crippen molar-refractivity contribution in [2.45, 2.75) is 24.7 Å². The number of carbonyl (C=O) groups is 1. The second-order valence-electron chi connectivity index (χ2n) is 4.15. The fourth-order valence-corrected chi connectivity index (χ4v) is 3.24. The van der Waals surface area contributed by atoms with Gasteiger partial charge in [0, 0.05) is 13.0 Å². The van der Waals surface area contributed by atoms with Crippen LogP contribution in [-0.4, -0.2) is 33.1 Å². The molecule has 20 heavy (non-hydrogen) atoms. The van der Waals surface area contributed by atoms with E-state index in [-0.39, 0.29) is 29.3 Å². The van der Waals surface area contributed by atoms with E-state index in [0.717, 1.165) is 0 Å². The van der Waals surface area contributed by atoms with Crippen LogP contribution in [0.15, 0.2) is 17.0 Å². The predicted molar refractivity (Wildman–Crippen MR) is 74.8 cm³/mol. The normalized spacial score (nSPS) is 11.3. The lowest BCUT2D eigenvalue weighted by molar-refractivity contribution is -0.137. The summed E-state index contributed by atoms with van der Waals surface area (Å²) >= 11 is 5.92. The zero-order valence-corrected chi connectivity index (χ0v) is 12.7. The number of benzene rings is 1. The van der Waals surface area contributed by atoms with Crippen molar-refractivity contribution in [3.05, 3.63) is 22.7 Å². The highest BCUT2D eigenvalue weighted by Crippen LogP contribution is 2.29. The minimum absolute atomic E-state index is 0.0533. The predicted octanol–water partition coefficient (Wildman–Crippen LogP) is 1.80. The Hall–Kier alpha value is -1.31. The van der Waals surface area contributed by atoms with E-state index >= 15 is 0 Å². The van der Waals surface area contributed by atoms with Gasteiger partial charge in [-0.15, -0.1) is 0 Å². The van der Waals surface area contributed by atoms with Crippen molar-refractivity contribution < 1.29 is 23.1 Å². The molecule has 0 spiro atoms. The van der Waals surface area contributed by atoms with Crippen LogP contribution in [0.4, 0.5) is 0 Å². The second kappa shape index (κ2) is 6.92. The smallest absolute Gasteiger partial charge is 0.303 e. The molecule has 0 fully saturated rings. The number of halogens is 1. The Morgan fingerprint density at radius 3 is 2.65 bits per heavy atom. The summed E-state index contributed by atoms with van der Waals surface area (Å²) in [5.74, 6) is -0.568. The van der Waals surface area contributed by atoms with Gasteiger partial charge in [0.15, 0.2) is 0 Å². The van der Waals surface area contributed by atoms with Crippen LogP contribution in [-0.2, 0) is 14.8 Å². The number of hydrogen-bond donors (Lipinski definition) is 2. The molecule has 0 amide bonds. The van der Waals surface area contributed by atoms with Crippen LogP contribution in [0.1, 0.15) is 18.4 Å². The van der Waals surface area contributed by atoms with Crippen LogP contribution < -0.4 is 9.46 Å². The molecule has 1 aromatic carbocycles. The molecule has 2 N–H and O–H groups in total. The number of aryl methyl sites for hydroxylation is 1. The lowest BCUT2D eigenvalue weighted by Crippen LogP contribution is -2.26. The molecule has 6 nitrogen and oxygen atoms in total. The van der Waals surface area contributed by atoms with E-state index < -0.39 is 16.0 Å². The quantitative estimate of drug-likeness (QED) is 0.747. The summed E-state index contributed by atoms with van der Waals surface area (Å²) in [6.45, 7) is 1.68.